The van der Waals surface area contributed by atoms with Gasteiger partial charge in [-0.2, -0.15) is 0 Å². The SMILES string of the molecule is CN(C)C1(CNc2n[nH]c(=O)[nH]c2=O)CCC1. The number of hydrogen-bond donors (Lipinski definition) is 3. The Labute approximate surface area is 98.2 Å². The minimum Gasteiger partial charge on any atom is -0.362 e. The zero-order chi connectivity index (χ0) is 12.5. The number of nitrogens with zero attached hydrogens (tertiary/aromatic N) is 2. The molecule has 0 unspecified atom stereocenters. The number of rotatable bonds is 4. The first-order chi connectivity index (χ1) is 8.03. The van der Waals surface area contributed by atoms with E-state index < -0.39 is 11.2 Å². The van der Waals surface area contributed by atoms with Crippen molar-refractivity contribution in [2.24, 2.45) is 0 Å². The van der Waals surface area contributed by atoms with Crippen LogP contribution in [0.2, 0.25) is 0 Å². The monoisotopic (exact) mass is 239 g/mol. The third-order valence-corrected chi connectivity index (χ3v) is 3.53. The van der Waals surface area contributed by atoms with Gasteiger partial charge in [0.05, 0.1) is 0 Å². The van der Waals surface area contributed by atoms with E-state index in [2.05, 4.69) is 25.4 Å². The highest BCUT2D eigenvalue weighted by molar-refractivity contribution is 5.30. The maximum absolute atomic E-state index is 11.4. The average Bonchev–Trinajstić information content (AvgIpc) is 2.18. The van der Waals surface area contributed by atoms with Crippen molar-refractivity contribution in [3.05, 3.63) is 20.8 Å². The van der Waals surface area contributed by atoms with Crippen molar-refractivity contribution in [3.8, 4) is 0 Å². The normalized spacial score (nSPS) is 17.8. The van der Waals surface area contributed by atoms with Crippen LogP contribution in [-0.4, -0.2) is 46.3 Å². The second kappa shape index (κ2) is 4.33. The molecular weight excluding hydrogens is 222 g/mol. The number of anilines is 1. The van der Waals surface area contributed by atoms with E-state index in [1.54, 1.807) is 0 Å². The highest BCUT2D eigenvalue weighted by atomic mass is 16.2. The largest absolute Gasteiger partial charge is 0.362 e. The van der Waals surface area contributed by atoms with Crippen molar-refractivity contribution in [2.75, 3.05) is 26.0 Å². The van der Waals surface area contributed by atoms with E-state index in [0.29, 0.717) is 6.54 Å². The Bertz CT molecular complexity index is 500. The second-order valence-electron chi connectivity index (χ2n) is 4.68. The zero-order valence-corrected chi connectivity index (χ0v) is 10.0. The predicted molar refractivity (Wildman–Crippen MR) is 64.2 cm³/mol. The molecule has 0 aromatic carbocycles. The summed E-state index contributed by atoms with van der Waals surface area (Å²) in [4.78, 5) is 26.5. The van der Waals surface area contributed by atoms with Crippen molar-refractivity contribution < 1.29 is 0 Å². The Morgan fingerprint density at radius 2 is 2.12 bits per heavy atom. The molecule has 7 heteroatoms. The Morgan fingerprint density at radius 1 is 1.41 bits per heavy atom. The molecule has 7 nitrogen and oxygen atoms in total. The molecule has 0 saturated heterocycles. The molecule has 1 aliphatic rings. The summed E-state index contributed by atoms with van der Waals surface area (Å²) in [6.07, 6.45) is 3.41. The van der Waals surface area contributed by atoms with Crippen LogP contribution in [0, 0.1) is 0 Å². The lowest BCUT2D eigenvalue weighted by Gasteiger charge is -2.47. The topological polar surface area (TPSA) is 93.9 Å². The number of aromatic amines is 2. The van der Waals surface area contributed by atoms with Crippen LogP contribution in [0.3, 0.4) is 0 Å². The van der Waals surface area contributed by atoms with E-state index in [4.69, 9.17) is 0 Å². The first kappa shape index (κ1) is 11.8. The molecule has 0 atom stereocenters. The fourth-order valence-electron chi connectivity index (χ4n) is 2.08. The van der Waals surface area contributed by atoms with Gasteiger partial charge >= 0.3 is 5.69 Å². The van der Waals surface area contributed by atoms with Crippen molar-refractivity contribution >= 4 is 5.82 Å². The molecule has 17 heavy (non-hydrogen) atoms. The number of H-pyrrole nitrogens is 2. The fourth-order valence-corrected chi connectivity index (χ4v) is 2.08. The summed E-state index contributed by atoms with van der Waals surface area (Å²) >= 11 is 0. The van der Waals surface area contributed by atoms with E-state index in [1.165, 1.54) is 6.42 Å². The molecule has 0 amide bonds. The molecule has 94 valence electrons. The van der Waals surface area contributed by atoms with Crippen LogP contribution in [0.5, 0.6) is 0 Å². The van der Waals surface area contributed by atoms with Gasteiger partial charge in [-0.3, -0.25) is 9.78 Å². The molecule has 2 rings (SSSR count). The number of hydrogen-bond acceptors (Lipinski definition) is 5. The van der Waals surface area contributed by atoms with Gasteiger partial charge in [0, 0.05) is 12.1 Å². The number of likely N-dealkylation sites (N-methyl/N-ethyl adjacent to an activating group) is 1. The van der Waals surface area contributed by atoms with Gasteiger partial charge in [0.15, 0.2) is 0 Å². The molecule has 0 spiro atoms. The molecule has 1 heterocycles. The quantitative estimate of drug-likeness (QED) is 0.649. The maximum Gasteiger partial charge on any atom is 0.342 e. The smallest absolute Gasteiger partial charge is 0.342 e. The van der Waals surface area contributed by atoms with E-state index >= 15 is 0 Å². The second-order valence-corrected chi connectivity index (χ2v) is 4.68. The summed E-state index contributed by atoms with van der Waals surface area (Å²) in [5, 5.41) is 8.89. The lowest BCUT2D eigenvalue weighted by Crippen LogP contribution is -2.55. The summed E-state index contributed by atoms with van der Waals surface area (Å²) in [5.41, 5.74) is -0.974. The summed E-state index contributed by atoms with van der Waals surface area (Å²) in [5.74, 6) is 0.165. The van der Waals surface area contributed by atoms with Crippen LogP contribution >= 0.6 is 0 Å². The van der Waals surface area contributed by atoms with Gasteiger partial charge in [-0.25, -0.2) is 9.89 Å². The summed E-state index contributed by atoms with van der Waals surface area (Å²) in [6, 6.07) is 0. The molecule has 0 radical (unpaired) electrons. The highest BCUT2D eigenvalue weighted by Crippen LogP contribution is 2.35. The molecule has 0 bridgehead atoms. The van der Waals surface area contributed by atoms with Gasteiger partial charge in [0.25, 0.3) is 5.56 Å². The van der Waals surface area contributed by atoms with Gasteiger partial charge in [-0.1, -0.05) is 0 Å². The van der Waals surface area contributed by atoms with Crippen LogP contribution in [0.25, 0.3) is 0 Å². The van der Waals surface area contributed by atoms with Crippen LogP contribution in [0.1, 0.15) is 19.3 Å². The van der Waals surface area contributed by atoms with Crippen molar-refractivity contribution in [3.63, 3.8) is 0 Å². The molecule has 1 aromatic heterocycles. The molecule has 0 aliphatic heterocycles. The van der Waals surface area contributed by atoms with Crippen molar-refractivity contribution in [2.45, 2.75) is 24.8 Å². The molecular formula is C10H17N5O2. The van der Waals surface area contributed by atoms with Gasteiger partial charge in [0.1, 0.15) is 0 Å². The van der Waals surface area contributed by atoms with E-state index in [9.17, 15) is 9.59 Å². The van der Waals surface area contributed by atoms with Crippen molar-refractivity contribution in [1.82, 2.24) is 20.1 Å². The van der Waals surface area contributed by atoms with Crippen molar-refractivity contribution in [1.29, 1.82) is 0 Å². The Balaban J connectivity index is 2.07. The molecule has 1 aromatic rings. The average molecular weight is 239 g/mol. The molecule has 1 aliphatic carbocycles. The van der Waals surface area contributed by atoms with E-state index in [-0.39, 0.29) is 11.4 Å². The van der Waals surface area contributed by atoms with Gasteiger partial charge in [0.2, 0.25) is 5.82 Å². The third kappa shape index (κ3) is 2.23. The minimum atomic E-state index is -0.591. The first-order valence-corrected chi connectivity index (χ1v) is 5.64. The Morgan fingerprint density at radius 3 is 2.59 bits per heavy atom. The maximum atomic E-state index is 11.4. The Hall–Kier alpha value is -1.63. The van der Waals surface area contributed by atoms with Gasteiger partial charge < -0.3 is 10.2 Å². The Kier molecular flexibility index (Phi) is 3.01. The standard InChI is InChI=1S/C10H17N5O2/c1-15(2)10(4-3-5-10)6-11-7-8(16)12-9(17)14-13-7/h3-6H2,1-2H3,(H,11,13)(H2,12,14,16,17). The van der Waals surface area contributed by atoms with Crippen LogP contribution < -0.4 is 16.6 Å². The van der Waals surface area contributed by atoms with Gasteiger partial charge in [-0.15, -0.1) is 5.10 Å². The van der Waals surface area contributed by atoms with Crippen LogP contribution in [-0.2, 0) is 0 Å². The highest BCUT2D eigenvalue weighted by Gasteiger charge is 2.38. The molecule has 1 fully saturated rings. The van der Waals surface area contributed by atoms with E-state index in [1.807, 2.05) is 14.1 Å². The van der Waals surface area contributed by atoms with E-state index in [0.717, 1.165) is 12.8 Å². The molecule has 1 saturated carbocycles. The first-order valence-electron chi connectivity index (χ1n) is 5.64. The lowest BCUT2D eigenvalue weighted by atomic mass is 9.75. The van der Waals surface area contributed by atoms with Crippen LogP contribution in [0.4, 0.5) is 5.82 Å². The third-order valence-electron chi connectivity index (χ3n) is 3.53. The van der Waals surface area contributed by atoms with Crippen LogP contribution in [0.15, 0.2) is 9.59 Å². The summed E-state index contributed by atoms with van der Waals surface area (Å²) in [7, 11) is 4.07. The number of aromatic nitrogens is 3. The number of nitrogens with one attached hydrogen (secondary N) is 3. The summed E-state index contributed by atoms with van der Waals surface area (Å²) in [6.45, 7) is 0.655. The zero-order valence-electron chi connectivity index (χ0n) is 10.0. The fraction of sp³-hybridized carbons (Fsp3) is 0.700. The predicted octanol–water partition coefficient (Wildman–Crippen LogP) is -0.646. The van der Waals surface area contributed by atoms with Gasteiger partial charge in [-0.05, 0) is 33.4 Å². The lowest BCUT2D eigenvalue weighted by molar-refractivity contribution is 0.0738. The molecule has 3 N–H and O–H groups in total. The summed E-state index contributed by atoms with van der Waals surface area (Å²) < 4.78 is 0. The minimum absolute atomic E-state index is 0.101.